The highest BCUT2D eigenvalue weighted by atomic mass is 35.5. The molecule has 0 radical (unpaired) electrons. The molecule has 1 aliphatic carbocycles. The molecule has 7 nitrogen and oxygen atoms in total. The van der Waals surface area contributed by atoms with Crippen LogP contribution in [0.5, 0.6) is 5.75 Å². The highest BCUT2D eigenvalue weighted by molar-refractivity contribution is 6.30. The van der Waals surface area contributed by atoms with Crippen molar-refractivity contribution in [2.75, 3.05) is 46.1 Å². The van der Waals surface area contributed by atoms with E-state index in [0.717, 1.165) is 44.7 Å². The van der Waals surface area contributed by atoms with E-state index in [1.807, 2.05) is 6.92 Å². The van der Waals surface area contributed by atoms with Crippen molar-refractivity contribution in [3.63, 3.8) is 0 Å². The first kappa shape index (κ1) is 22.8. The number of carbonyl (C=O) groups is 2. The van der Waals surface area contributed by atoms with Crippen LogP contribution in [0.1, 0.15) is 37.7 Å². The van der Waals surface area contributed by atoms with Crippen LogP contribution in [0.3, 0.4) is 0 Å². The number of halogens is 1. The van der Waals surface area contributed by atoms with Crippen LogP contribution in [0.4, 0.5) is 0 Å². The molecule has 1 N–H and O–H groups in total. The number of benzene rings is 1. The van der Waals surface area contributed by atoms with Crippen LogP contribution in [-0.2, 0) is 19.1 Å². The third-order valence-electron chi connectivity index (χ3n) is 5.93. The summed E-state index contributed by atoms with van der Waals surface area (Å²) in [6.07, 6.45) is 5.72. The lowest BCUT2D eigenvalue weighted by molar-refractivity contribution is -0.150. The zero-order chi connectivity index (χ0) is 21.4. The molecule has 2 aliphatic rings. The summed E-state index contributed by atoms with van der Waals surface area (Å²) in [5.41, 5.74) is 0.811. The van der Waals surface area contributed by atoms with Crippen LogP contribution in [0.2, 0.25) is 5.02 Å². The Hall–Kier alpha value is -1.83. The van der Waals surface area contributed by atoms with Gasteiger partial charge in [-0.05, 0) is 43.5 Å². The van der Waals surface area contributed by atoms with Crippen molar-refractivity contribution < 1.29 is 23.8 Å². The average Bonchev–Trinajstić information content (AvgIpc) is 2.77. The summed E-state index contributed by atoms with van der Waals surface area (Å²) in [4.78, 5) is 26.7. The molecule has 0 unspecified atom stereocenters. The monoisotopic (exact) mass is 438 g/mol. The Balaban J connectivity index is 1.42. The van der Waals surface area contributed by atoms with Gasteiger partial charge >= 0.3 is 5.97 Å². The van der Waals surface area contributed by atoms with E-state index in [4.69, 9.17) is 25.8 Å². The molecule has 166 valence electrons. The molecule has 1 aliphatic heterocycles. The third-order valence-corrected chi connectivity index (χ3v) is 6.16. The van der Waals surface area contributed by atoms with E-state index in [2.05, 4.69) is 10.2 Å². The number of carbonyl (C=O) groups excluding carboxylic acids is 2. The van der Waals surface area contributed by atoms with Gasteiger partial charge in [-0.3, -0.25) is 9.69 Å². The number of nitrogens with zero attached hydrogens (tertiary/aromatic N) is 1. The zero-order valence-corrected chi connectivity index (χ0v) is 18.3. The highest BCUT2D eigenvalue weighted by Gasteiger charge is 2.38. The van der Waals surface area contributed by atoms with Gasteiger partial charge in [-0.25, -0.2) is 4.79 Å². The summed E-state index contributed by atoms with van der Waals surface area (Å²) in [5.74, 6) is -0.310. The fourth-order valence-electron chi connectivity index (χ4n) is 4.27. The van der Waals surface area contributed by atoms with E-state index in [9.17, 15) is 9.59 Å². The van der Waals surface area contributed by atoms with E-state index in [0.29, 0.717) is 17.3 Å². The van der Waals surface area contributed by atoms with E-state index in [1.165, 1.54) is 19.3 Å². The molecular formula is C22H31ClN2O5. The van der Waals surface area contributed by atoms with Gasteiger partial charge in [-0.1, -0.05) is 30.9 Å². The van der Waals surface area contributed by atoms with Gasteiger partial charge in [0.25, 0.3) is 5.91 Å². The number of ether oxygens (including phenoxy) is 3. The molecule has 0 spiro atoms. The predicted molar refractivity (Wildman–Crippen MR) is 114 cm³/mol. The first-order valence-electron chi connectivity index (χ1n) is 10.6. The lowest BCUT2D eigenvalue weighted by atomic mass is 9.79. The van der Waals surface area contributed by atoms with Gasteiger partial charge < -0.3 is 19.5 Å². The highest BCUT2D eigenvalue weighted by Crippen LogP contribution is 2.33. The van der Waals surface area contributed by atoms with E-state index in [1.54, 1.807) is 18.2 Å². The zero-order valence-electron chi connectivity index (χ0n) is 17.6. The maximum atomic E-state index is 12.3. The van der Waals surface area contributed by atoms with Gasteiger partial charge in [0.15, 0.2) is 13.2 Å². The standard InChI is InChI=1S/C22H31ClN2O5/c1-17-13-18(23)5-6-19(17)29-15-21(27)30-14-20(26)24-16-22(7-3-2-4-8-22)25-9-11-28-12-10-25/h5-6,13H,2-4,7-12,14-16H2,1H3,(H,24,26). The molecule has 0 aromatic heterocycles. The second-order valence-corrected chi connectivity index (χ2v) is 8.46. The third kappa shape index (κ3) is 6.33. The molecule has 0 atom stereocenters. The number of hydrogen-bond donors (Lipinski definition) is 1. The summed E-state index contributed by atoms with van der Waals surface area (Å²) >= 11 is 5.91. The largest absolute Gasteiger partial charge is 0.482 e. The summed E-state index contributed by atoms with van der Waals surface area (Å²) in [6.45, 7) is 5.12. The predicted octanol–water partition coefficient (Wildman–Crippen LogP) is 2.72. The minimum absolute atomic E-state index is 0.0169. The lowest BCUT2D eigenvalue weighted by Gasteiger charge is -2.48. The summed E-state index contributed by atoms with van der Waals surface area (Å²) in [7, 11) is 0. The fraction of sp³-hybridized carbons (Fsp3) is 0.636. The maximum absolute atomic E-state index is 12.3. The van der Waals surface area contributed by atoms with Crippen molar-refractivity contribution in [2.24, 2.45) is 0 Å². The van der Waals surface area contributed by atoms with Crippen molar-refractivity contribution in [1.82, 2.24) is 10.2 Å². The lowest BCUT2D eigenvalue weighted by Crippen LogP contribution is -2.59. The molecule has 1 saturated carbocycles. The van der Waals surface area contributed by atoms with Gasteiger partial charge in [0.05, 0.1) is 13.2 Å². The molecule has 1 heterocycles. The van der Waals surface area contributed by atoms with E-state index in [-0.39, 0.29) is 24.7 Å². The molecule has 30 heavy (non-hydrogen) atoms. The topological polar surface area (TPSA) is 77.1 Å². The summed E-state index contributed by atoms with van der Waals surface area (Å²) < 4.78 is 16.0. The molecule has 8 heteroatoms. The van der Waals surface area contributed by atoms with Gasteiger partial charge in [-0.15, -0.1) is 0 Å². The minimum atomic E-state index is -0.583. The number of esters is 1. The van der Waals surface area contributed by atoms with Gasteiger partial charge in [0.2, 0.25) is 0 Å². The Morgan fingerprint density at radius 3 is 2.60 bits per heavy atom. The number of amides is 1. The van der Waals surface area contributed by atoms with Crippen LogP contribution in [-0.4, -0.2) is 68.4 Å². The maximum Gasteiger partial charge on any atom is 0.344 e. The smallest absolute Gasteiger partial charge is 0.344 e. The van der Waals surface area contributed by atoms with Crippen LogP contribution in [0.25, 0.3) is 0 Å². The van der Waals surface area contributed by atoms with Crippen molar-refractivity contribution in [2.45, 2.75) is 44.6 Å². The minimum Gasteiger partial charge on any atom is -0.482 e. The Morgan fingerprint density at radius 2 is 1.90 bits per heavy atom. The molecule has 1 amide bonds. The fourth-order valence-corrected chi connectivity index (χ4v) is 4.49. The quantitative estimate of drug-likeness (QED) is 0.629. The summed E-state index contributed by atoms with van der Waals surface area (Å²) in [6, 6.07) is 5.15. The molecule has 1 aromatic rings. The second-order valence-electron chi connectivity index (χ2n) is 8.02. The number of nitrogens with one attached hydrogen (secondary N) is 1. The molecule has 1 saturated heterocycles. The normalized spacial score (nSPS) is 19.1. The Kier molecular flexibility index (Phi) is 8.36. The number of rotatable bonds is 8. The van der Waals surface area contributed by atoms with Crippen LogP contribution >= 0.6 is 11.6 Å². The number of morpholine rings is 1. The number of hydrogen-bond acceptors (Lipinski definition) is 6. The molecule has 1 aromatic carbocycles. The number of aryl methyl sites for hydroxylation is 1. The van der Waals surface area contributed by atoms with Crippen LogP contribution in [0.15, 0.2) is 18.2 Å². The molecule has 0 bridgehead atoms. The second kappa shape index (κ2) is 11.0. The van der Waals surface area contributed by atoms with Gasteiger partial charge in [0.1, 0.15) is 5.75 Å². The van der Waals surface area contributed by atoms with Crippen LogP contribution in [0, 0.1) is 6.92 Å². The SMILES string of the molecule is Cc1cc(Cl)ccc1OCC(=O)OCC(=O)NCC1(N2CCOCC2)CCCCC1. The average molecular weight is 439 g/mol. The van der Waals surface area contributed by atoms with Crippen molar-refractivity contribution >= 4 is 23.5 Å². The molecule has 2 fully saturated rings. The van der Waals surface area contributed by atoms with Crippen LogP contribution < -0.4 is 10.1 Å². The van der Waals surface area contributed by atoms with Crippen molar-refractivity contribution in [3.05, 3.63) is 28.8 Å². The first-order valence-corrected chi connectivity index (χ1v) is 11.0. The Morgan fingerprint density at radius 1 is 1.17 bits per heavy atom. The van der Waals surface area contributed by atoms with Gasteiger partial charge in [-0.2, -0.15) is 0 Å². The van der Waals surface area contributed by atoms with E-state index < -0.39 is 5.97 Å². The Bertz CT molecular complexity index is 730. The molecular weight excluding hydrogens is 408 g/mol. The molecule has 3 rings (SSSR count). The van der Waals surface area contributed by atoms with Crippen molar-refractivity contribution in [1.29, 1.82) is 0 Å². The summed E-state index contributed by atoms with van der Waals surface area (Å²) in [5, 5.41) is 3.58. The Labute approximate surface area is 183 Å². The van der Waals surface area contributed by atoms with E-state index >= 15 is 0 Å². The van der Waals surface area contributed by atoms with Crippen molar-refractivity contribution in [3.8, 4) is 5.75 Å². The first-order chi connectivity index (χ1) is 14.5. The van der Waals surface area contributed by atoms with Gasteiger partial charge in [0, 0.05) is 30.2 Å².